The lowest BCUT2D eigenvalue weighted by Gasteiger charge is -2.43. The molecular weight excluding hydrogens is 460 g/mol. The SMILES string of the molecule is Cc1cc(CN(Cc2cn(C)c3ccccc3c2=O)C2CN(c3cccnc3)CC(F)(F)C2)ccn1. The van der Waals surface area contributed by atoms with E-state index in [0.29, 0.717) is 29.7 Å². The second-order valence-electron chi connectivity index (χ2n) is 9.63. The number of nitrogens with zero attached hydrogens (tertiary/aromatic N) is 5. The van der Waals surface area contributed by atoms with Gasteiger partial charge >= 0.3 is 0 Å². The van der Waals surface area contributed by atoms with E-state index in [4.69, 9.17) is 0 Å². The van der Waals surface area contributed by atoms with Crippen LogP contribution >= 0.6 is 0 Å². The highest BCUT2D eigenvalue weighted by molar-refractivity contribution is 5.79. The molecule has 6 nitrogen and oxygen atoms in total. The minimum absolute atomic E-state index is 0.0636. The van der Waals surface area contributed by atoms with Crippen molar-refractivity contribution < 1.29 is 8.78 Å². The molecular formula is C28H29F2N5O. The first-order valence-electron chi connectivity index (χ1n) is 12.0. The fourth-order valence-electron chi connectivity index (χ4n) is 5.14. The van der Waals surface area contributed by atoms with Gasteiger partial charge in [-0.05, 0) is 48.9 Å². The molecule has 0 aliphatic carbocycles. The summed E-state index contributed by atoms with van der Waals surface area (Å²) in [6.45, 7) is 2.67. The van der Waals surface area contributed by atoms with Crippen molar-refractivity contribution in [2.75, 3.05) is 18.0 Å². The van der Waals surface area contributed by atoms with Gasteiger partial charge in [-0.25, -0.2) is 8.78 Å². The zero-order chi connectivity index (χ0) is 25.3. The first kappa shape index (κ1) is 24.1. The molecule has 0 N–H and O–H groups in total. The number of benzene rings is 1. The lowest BCUT2D eigenvalue weighted by molar-refractivity contribution is -0.0441. The normalized spacial score (nSPS) is 17.6. The molecule has 1 unspecified atom stereocenters. The molecule has 0 saturated carbocycles. The molecule has 1 aliphatic heterocycles. The highest BCUT2D eigenvalue weighted by Gasteiger charge is 2.42. The molecule has 1 atom stereocenters. The third-order valence-corrected chi connectivity index (χ3v) is 6.81. The summed E-state index contributed by atoms with van der Waals surface area (Å²) in [5.74, 6) is -2.88. The Hall–Kier alpha value is -3.65. The van der Waals surface area contributed by atoms with Gasteiger partial charge in [-0.1, -0.05) is 12.1 Å². The Morgan fingerprint density at radius 2 is 1.94 bits per heavy atom. The molecule has 0 radical (unpaired) electrons. The Labute approximate surface area is 208 Å². The Bertz CT molecular complexity index is 1420. The summed E-state index contributed by atoms with van der Waals surface area (Å²) in [5, 5.41) is 0.628. The summed E-state index contributed by atoms with van der Waals surface area (Å²) in [5.41, 5.74) is 3.87. The Morgan fingerprint density at radius 1 is 1.11 bits per heavy atom. The highest BCUT2D eigenvalue weighted by Crippen LogP contribution is 2.33. The van der Waals surface area contributed by atoms with E-state index in [1.807, 2.05) is 66.0 Å². The summed E-state index contributed by atoms with van der Waals surface area (Å²) < 4.78 is 32.1. The van der Waals surface area contributed by atoms with Gasteiger partial charge in [-0.15, -0.1) is 0 Å². The van der Waals surface area contributed by atoms with Gasteiger partial charge in [0, 0.05) is 74.4 Å². The Kier molecular flexibility index (Phi) is 6.53. The largest absolute Gasteiger partial charge is 0.363 e. The first-order chi connectivity index (χ1) is 17.3. The van der Waals surface area contributed by atoms with Gasteiger partial charge in [-0.2, -0.15) is 0 Å². The number of alkyl halides is 2. The van der Waals surface area contributed by atoms with Gasteiger partial charge in [0.2, 0.25) is 0 Å². The van der Waals surface area contributed by atoms with Crippen molar-refractivity contribution in [2.24, 2.45) is 7.05 Å². The molecule has 0 spiro atoms. The van der Waals surface area contributed by atoms with Gasteiger partial charge in [0.1, 0.15) is 0 Å². The van der Waals surface area contributed by atoms with Crippen molar-refractivity contribution in [3.8, 4) is 0 Å². The van der Waals surface area contributed by atoms with E-state index in [-0.39, 0.29) is 24.9 Å². The number of piperidine rings is 1. The van der Waals surface area contributed by atoms with Crippen LogP contribution in [0.3, 0.4) is 0 Å². The molecule has 1 aromatic carbocycles. The number of hydrogen-bond acceptors (Lipinski definition) is 5. The van der Waals surface area contributed by atoms with Crippen LogP contribution in [0.15, 0.2) is 78.1 Å². The average molecular weight is 490 g/mol. The Morgan fingerprint density at radius 3 is 2.72 bits per heavy atom. The summed E-state index contributed by atoms with van der Waals surface area (Å²) in [6, 6.07) is 14.4. The summed E-state index contributed by atoms with van der Waals surface area (Å²) in [6.07, 6.45) is 6.54. The number of fused-ring (bicyclic) bond motifs is 1. The van der Waals surface area contributed by atoms with E-state index in [2.05, 4.69) is 9.97 Å². The number of hydrogen-bond donors (Lipinski definition) is 0. The van der Waals surface area contributed by atoms with E-state index >= 15 is 8.78 Å². The molecule has 186 valence electrons. The maximum absolute atomic E-state index is 15.1. The van der Waals surface area contributed by atoms with Crippen molar-refractivity contribution in [3.63, 3.8) is 0 Å². The van der Waals surface area contributed by atoms with Crippen LogP contribution in [0.1, 0.15) is 23.2 Å². The standard InChI is InChI=1S/C28H29F2N5O/c1-20-12-21(9-11-32-20)15-34(17-22-16-33(2)26-8-4-3-7-25(26)27(22)36)24-13-28(29,30)19-35(18-24)23-6-5-10-31-14-23/h3-12,14,16,24H,13,15,17-19H2,1-2H3. The van der Waals surface area contributed by atoms with E-state index < -0.39 is 12.0 Å². The predicted octanol–water partition coefficient (Wildman–Crippen LogP) is 4.55. The molecule has 1 fully saturated rings. The molecule has 4 heterocycles. The number of aryl methyl sites for hydroxylation is 2. The fourth-order valence-corrected chi connectivity index (χ4v) is 5.14. The van der Waals surface area contributed by atoms with E-state index in [1.165, 1.54) is 0 Å². The topological polar surface area (TPSA) is 54.3 Å². The second kappa shape index (κ2) is 9.78. The van der Waals surface area contributed by atoms with Crippen molar-refractivity contribution in [3.05, 3.63) is 100 Å². The third-order valence-electron chi connectivity index (χ3n) is 6.81. The van der Waals surface area contributed by atoms with Crippen molar-refractivity contribution in [1.29, 1.82) is 0 Å². The van der Waals surface area contributed by atoms with E-state index in [9.17, 15) is 4.79 Å². The van der Waals surface area contributed by atoms with Crippen LogP contribution in [-0.2, 0) is 20.1 Å². The van der Waals surface area contributed by atoms with Crippen LogP contribution in [0.2, 0.25) is 0 Å². The molecule has 1 saturated heterocycles. The second-order valence-corrected chi connectivity index (χ2v) is 9.63. The predicted molar refractivity (Wildman–Crippen MR) is 137 cm³/mol. The van der Waals surface area contributed by atoms with Gasteiger partial charge in [-0.3, -0.25) is 19.7 Å². The number of para-hydroxylation sites is 1. The van der Waals surface area contributed by atoms with Crippen molar-refractivity contribution >= 4 is 16.6 Å². The lowest BCUT2D eigenvalue weighted by Crippen LogP contribution is -2.55. The molecule has 5 rings (SSSR count). The number of rotatable bonds is 6. The summed E-state index contributed by atoms with van der Waals surface area (Å²) in [7, 11) is 1.90. The zero-order valence-corrected chi connectivity index (χ0v) is 20.4. The van der Waals surface area contributed by atoms with Gasteiger partial charge < -0.3 is 9.47 Å². The molecule has 1 aliphatic rings. The van der Waals surface area contributed by atoms with Gasteiger partial charge in [0.15, 0.2) is 5.43 Å². The molecule has 36 heavy (non-hydrogen) atoms. The highest BCUT2D eigenvalue weighted by atomic mass is 19.3. The molecule has 3 aromatic heterocycles. The third kappa shape index (κ3) is 5.14. The molecule has 8 heteroatoms. The minimum atomic E-state index is -2.88. The number of anilines is 1. The molecule has 0 amide bonds. The van der Waals surface area contributed by atoms with Crippen LogP contribution in [-0.4, -0.2) is 44.5 Å². The van der Waals surface area contributed by atoms with Crippen LogP contribution in [0.4, 0.5) is 14.5 Å². The van der Waals surface area contributed by atoms with Crippen molar-refractivity contribution in [1.82, 2.24) is 19.4 Å². The van der Waals surface area contributed by atoms with Crippen molar-refractivity contribution in [2.45, 2.75) is 38.4 Å². The number of aromatic nitrogens is 3. The Balaban J connectivity index is 1.53. The quantitative estimate of drug-likeness (QED) is 0.398. The van der Waals surface area contributed by atoms with Crippen LogP contribution < -0.4 is 10.3 Å². The maximum atomic E-state index is 15.1. The van der Waals surface area contributed by atoms with E-state index in [0.717, 1.165) is 16.8 Å². The van der Waals surface area contributed by atoms with E-state index in [1.54, 1.807) is 35.6 Å². The average Bonchev–Trinajstić information content (AvgIpc) is 2.86. The molecule has 0 bridgehead atoms. The first-order valence-corrected chi connectivity index (χ1v) is 12.0. The lowest BCUT2D eigenvalue weighted by atomic mass is 9.98. The van der Waals surface area contributed by atoms with Gasteiger partial charge in [0.05, 0.1) is 23.9 Å². The summed E-state index contributed by atoms with van der Waals surface area (Å²) in [4.78, 5) is 25.5. The fraction of sp³-hybridized carbons (Fsp3) is 0.321. The number of halogens is 2. The molecule has 4 aromatic rings. The maximum Gasteiger partial charge on any atom is 0.266 e. The number of pyridine rings is 3. The van der Waals surface area contributed by atoms with Crippen LogP contribution in [0.5, 0.6) is 0 Å². The monoisotopic (exact) mass is 489 g/mol. The summed E-state index contributed by atoms with van der Waals surface area (Å²) >= 11 is 0. The van der Waals surface area contributed by atoms with Crippen LogP contribution in [0, 0.1) is 6.92 Å². The minimum Gasteiger partial charge on any atom is -0.363 e. The van der Waals surface area contributed by atoms with Crippen LogP contribution in [0.25, 0.3) is 10.9 Å². The smallest absolute Gasteiger partial charge is 0.266 e. The van der Waals surface area contributed by atoms with Gasteiger partial charge in [0.25, 0.3) is 5.92 Å². The zero-order valence-electron chi connectivity index (χ0n) is 20.4.